The van der Waals surface area contributed by atoms with Crippen molar-refractivity contribution in [2.45, 2.75) is 13.3 Å². The normalized spacial score (nSPS) is 6.88. The molecule has 0 unspecified atom stereocenters. The molecular weight excluding hydrogens is 110 g/mol. The van der Waals surface area contributed by atoms with Crippen molar-refractivity contribution in [3.63, 3.8) is 0 Å². The van der Waals surface area contributed by atoms with Crippen molar-refractivity contribution in [3.05, 3.63) is 0 Å². The molecule has 0 aromatic heterocycles. The fraction of sp³-hybridized carbons (Fsp3) is 0.750. The first-order valence-electron chi connectivity index (χ1n) is 2.13. The van der Waals surface area contributed by atoms with E-state index in [1.165, 1.54) is 7.11 Å². The summed E-state index contributed by atoms with van der Waals surface area (Å²) in [6.45, 7) is 1.60. The molecule has 0 bridgehead atoms. The number of carboxylic acids is 1. The van der Waals surface area contributed by atoms with Crippen molar-refractivity contribution in [2.75, 3.05) is 7.11 Å². The molecule has 0 radical (unpaired) electrons. The van der Waals surface area contributed by atoms with Crippen LogP contribution in [0.2, 0.25) is 0 Å². The zero-order valence-corrected chi connectivity index (χ0v) is 5.05. The van der Waals surface area contributed by atoms with Crippen LogP contribution in [0.3, 0.4) is 0 Å². The highest BCUT2D eigenvalue weighted by molar-refractivity contribution is 5.66. The zero-order valence-electron chi connectivity index (χ0n) is 5.05. The summed E-state index contributed by atoms with van der Waals surface area (Å²) in [5, 5.41) is 7.72. The van der Waals surface area contributed by atoms with E-state index in [2.05, 4.69) is 10.7 Å². The molecule has 0 aliphatic heterocycles. The smallest absolute Gasteiger partial charge is 0.303 e. The summed E-state index contributed by atoms with van der Waals surface area (Å²) in [6, 6.07) is 0. The van der Waals surface area contributed by atoms with Gasteiger partial charge in [-0.15, -0.1) is 0 Å². The Morgan fingerprint density at radius 2 is 2.00 bits per heavy atom. The lowest BCUT2D eigenvalue weighted by molar-refractivity contribution is -0.136. The Hall–Kier alpha value is -0.610. The van der Waals surface area contributed by atoms with Gasteiger partial charge in [0.2, 0.25) is 0 Å². The second-order valence-corrected chi connectivity index (χ2v) is 0.983. The average Bonchev–Trinajstić information content (AvgIpc) is 1.69. The van der Waals surface area contributed by atoms with Crippen LogP contribution in [0.15, 0.2) is 0 Å². The summed E-state index contributed by atoms with van der Waals surface area (Å²) in [5.41, 5.74) is 0. The Balaban J connectivity index is 0. The third-order valence-corrected chi connectivity index (χ3v) is 0.302. The van der Waals surface area contributed by atoms with Crippen LogP contribution < -0.4 is 5.90 Å². The van der Waals surface area contributed by atoms with E-state index in [0.29, 0.717) is 0 Å². The molecule has 50 valence electrons. The molecule has 0 aromatic rings. The quantitative estimate of drug-likeness (QED) is 0.478. The summed E-state index contributed by atoms with van der Waals surface area (Å²) >= 11 is 0. The largest absolute Gasteiger partial charge is 0.481 e. The van der Waals surface area contributed by atoms with Crippen LogP contribution in [0.25, 0.3) is 0 Å². The number of carboxylic acid groups (broad SMARTS) is 1. The molecular formula is C4H11NO3. The number of rotatable bonds is 1. The topological polar surface area (TPSA) is 72.5 Å². The highest BCUT2D eigenvalue weighted by Crippen LogP contribution is 1.67. The van der Waals surface area contributed by atoms with Gasteiger partial charge in [0.15, 0.2) is 0 Å². The Labute approximate surface area is 48.2 Å². The second-order valence-electron chi connectivity index (χ2n) is 0.983. The van der Waals surface area contributed by atoms with Gasteiger partial charge in [0.05, 0.1) is 7.11 Å². The maximum atomic E-state index is 9.37. The average molecular weight is 121 g/mol. The highest BCUT2D eigenvalue weighted by Gasteiger charge is 1.80. The predicted molar refractivity (Wildman–Crippen MR) is 29.1 cm³/mol. The number of aliphatic carboxylic acids is 1. The molecule has 0 fully saturated rings. The summed E-state index contributed by atoms with van der Waals surface area (Å²) in [7, 11) is 1.40. The fourth-order valence-corrected chi connectivity index (χ4v) is 0. The molecule has 0 aliphatic rings. The zero-order chi connectivity index (χ0) is 6.99. The minimum absolute atomic E-state index is 0.222. The van der Waals surface area contributed by atoms with Gasteiger partial charge in [0.1, 0.15) is 0 Å². The molecule has 0 spiro atoms. The van der Waals surface area contributed by atoms with Gasteiger partial charge in [-0.2, -0.15) is 0 Å². The Kier molecular flexibility index (Phi) is 12.5. The first-order valence-corrected chi connectivity index (χ1v) is 2.13. The van der Waals surface area contributed by atoms with Crippen LogP contribution in [0.5, 0.6) is 0 Å². The van der Waals surface area contributed by atoms with Gasteiger partial charge < -0.3 is 9.94 Å². The van der Waals surface area contributed by atoms with Gasteiger partial charge in [-0.1, -0.05) is 6.92 Å². The van der Waals surface area contributed by atoms with E-state index in [9.17, 15) is 4.79 Å². The lowest BCUT2D eigenvalue weighted by Gasteiger charge is -1.71. The van der Waals surface area contributed by atoms with Crippen molar-refractivity contribution in [1.29, 1.82) is 0 Å². The maximum absolute atomic E-state index is 9.37. The number of carbonyl (C=O) groups is 1. The van der Waals surface area contributed by atoms with Crippen LogP contribution in [0.4, 0.5) is 0 Å². The molecule has 0 rings (SSSR count). The summed E-state index contributed by atoms with van der Waals surface area (Å²) in [4.78, 5) is 13.1. The molecule has 4 heteroatoms. The van der Waals surface area contributed by atoms with E-state index in [0.717, 1.165) is 0 Å². The first kappa shape index (κ1) is 10.4. The molecule has 0 amide bonds. The SMILES string of the molecule is CCC(=O)O.CON. The second kappa shape index (κ2) is 9.63. The lowest BCUT2D eigenvalue weighted by atomic mass is 10.5. The van der Waals surface area contributed by atoms with Gasteiger partial charge in [-0.3, -0.25) is 4.79 Å². The van der Waals surface area contributed by atoms with Crippen LogP contribution in [-0.4, -0.2) is 18.2 Å². The predicted octanol–water partition coefficient (Wildman–Crippen LogP) is -0.0125. The van der Waals surface area contributed by atoms with E-state index in [1.807, 2.05) is 0 Å². The molecule has 4 nitrogen and oxygen atoms in total. The van der Waals surface area contributed by atoms with Crippen molar-refractivity contribution in [1.82, 2.24) is 0 Å². The van der Waals surface area contributed by atoms with Gasteiger partial charge in [-0.25, -0.2) is 5.90 Å². The van der Waals surface area contributed by atoms with Crippen LogP contribution in [-0.2, 0) is 9.63 Å². The molecule has 0 heterocycles. The highest BCUT2D eigenvalue weighted by atomic mass is 16.6. The minimum Gasteiger partial charge on any atom is -0.481 e. The number of hydrogen-bond acceptors (Lipinski definition) is 3. The summed E-state index contributed by atoms with van der Waals surface area (Å²) in [6.07, 6.45) is 0.222. The van der Waals surface area contributed by atoms with Crippen LogP contribution in [0.1, 0.15) is 13.3 Å². The monoisotopic (exact) mass is 121 g/mol. The molecule has 0 saturated carbocycles. The van der Waals surface area contributed by atoms with E-state index >= 15 is 0 Å². The van der Waals surface area contributed by atoms with Gasteiger partial charge in [0.25, 0.3) is 0 Å². The third kappa shape index (κ3) is 53.8. The van der Waals surface area contributed by atoms with E-state index in [-0.39, 0.29) is 6.42 Å². The molecule has 0 saturated heterocycles. The lowest BCUT2D eigenvalue weighted by Crippen LogP contribution is -1.86. The van der Waals surface area contributed by atoms with Crippen molar-refractivity contribution < 1.29 is 14.7 Å². The molecule has 8 heavy (non-hydrogen) atoms. The number of hydrogen-bond donors (Lipinski definition) is 2. The van der Waals surface area contributed by atoms with Gasteiger partial charge in [-0.05, 0) is 0 Å². The van der Waals surface area contributed by atoms with Crippen molar-refractivity contribution in [2.24, 2.45) is 5.90 Å². The molecule has 0 aromatic carbocycles. The Morgan fingerprint density at radius 3 is 2.00 bits per heavy atom. The van der Waals surface area contributed by atoms with Crippen LogP contribution in [0, 0.1) is 0 Å². The molecule has 0 atom stereocenters. The summed E-state index contributed by atoms with van der Waals surface area (Å²) < 4.78 is 0. The Bertz CT molecular complexity index is 55.2. The van der Waals surface area contributed by atoms with Crippen molar-refractivity contribution >= 4 is 5.97 Å². The van der Waals surface area contributed by atoms with Crippen molar-refractivity contribution in [3.8, 4) is 0 Å². The summed E-state index contributed by atoms with van der Waals surface area (Å²) in [5.74, 6) is 3.60. The maximum Gasteiger partial charge on any atom is 0.303 e. The van der Waals surface area contributed by atoms with E-state index in [1.54, 1.807) is 6.92 Å². The first-order chi connectivity index (χ1) is 3.68. The number of nitrogens with two attached hydrogens (primary N) is 1. The Morgan fingerprint density at radius 1 is 1.88 bits per heavy atom. The van der Waals surface area contributed by atoms with Gasteiger partial charge in [0, 0.05) is 6.42 Å². The minimum atomic E-state index is -0.745. The van der Waals surface area contributed by atoms with E-state index < -0.39 is 5.97 Å². The van der Waals surface area contributed by atoms with Gasteiger partial charge >= 0.3 is 5.97 Å². The molecule has 3 N–H and O–H groups in total. The molecule has 0 aliphatic carbocycles. The van der Waals surface area contributed by atoms with Crippen LogP contribution >= 0.6 is 0 Å². The fourth-order valence-electron chi connectivity index (χ4n) is 0. The van der Waals surface area contributed by atoms with E-state index in [4.69, 9.17) is 5.11 Å². The standard InChI is InChI=1S/C3H6O2.CH5NO/c1-2-3(4)5;1-3-2/h2H2,1H3,(H,4,5);2H2,1H3. The third-order valence-electron chi connectivity index (χ3n) is 0.302.